The van der Waals surface area contributed by atoms with Crippen molar-refractivity contribution in [3.8, 4) is 111 Å². The van der Waals surface area contributed by atoms with Crippen LogP contribution in [0.2, 0.25) is 0 Å². The molecule has 3 aliphatic carbocycles. The Bertz CT molecular complexity index is 4270. The highest BCUT2D eigenvalue weighted by Gasteiger charge is 2.52. The highest BCUT2D eigenvalue weighted by Crippen LogP contribution is 2.64. The zero-order chi connectivity index (χ0) is 50.5. The van der Waals surface area contributed by atoms with Crippen LogP contribution in [0, 0.1) is 0 Å². The van der Waals surface area contributed by atoms with E-state index in [0.717, 1.165) is 0 Å². The molecule has 0 unspecified atom stereocenters. The molecule has 12 aromatic rings. The van der Waals surface area contributed by atoms with Crippen LogP contribution in [0.5, 0.6) is 0 Å². The molecular formula is C76H52. The Kier molecular flexibility index (Phi) is 9.94. The van der Waals surface area contributed by atoms with Gasteiger partial charge in [0, 0.05) is 5.41 Å². The lowest BCUT2D eigenvalue weighted by atomic mass is 9.70. The molecule has 0 aromatic heterocycles. The number of benzene rings is 12. The molecule has 0 atom stereocenters. The summed E-state index contributed by atoms with van der Waals surface area (Å²) in [6.07, 6.45) is 0. The Morgan fingerprint density at radius 3 is 1.01 bits per heavy atom. The van der Waals surface area contributed by atoms with E-state index in [4.69, 9.17) is 0 Å². The van der Waals surface area contributed by atoms with Gasteiger partial charge in [0.25, 0.3) is 0 Å². The second-order valence-corrected chi connectivity index (χ2v) is 21.5. The SMILES string of the molecule is CC1(C)c2ccccc2-c2c(-c3cccc(-c4cccc(-c5cccc(-c6cccc(-c7cc(-c8ccccc8)cc(-c8cccc9c8-c8ccccc8C98c9ccccc9-c9ccccc98)c7)c6)c5)c4)c3)cccc21. The number of hydrogen-bond acceptors (Lipinski definition) is 0. The molecule has 0 heteroatoms. The van der Waals surface area contributed by atoms with E-state index in [1.807, 2.05) is 0 Å². The summed E-state index contributed by atoms with van der Waals surface area (Å²) in [7, 11) is 0. The van der Waals surface area contributed by atoms with Gasteiger partial charge in [0.1, 0.15) is 0 Å². The molecule has 0 heterocycles. The average molecular weight is 965 g/mol. The largest absolute Gasteiger partial charge is 0.0725 e. The Labute approximate surface area is 446 Å². The van der Waals surface area contributed by atoms with Crippen LogP contribution in [-0.4, -0.2) is 0 Å². The van der Waals surface area contributed by atoms with E-state index in [9.17, 15) is 0 Å². The molecule has 0 nitrogen and oxygen atoms in total. The van der Waals surface area contributed by atoms with Crippen LogP contribution in [0.15, 0.2) is 279 Å². The van der Waals surface area contributed by atoms with E-state index < -0.39 is 5.41 Å². The second-order valence-electron chi connectivity index (χ2n) is 21.5. The minimum absolute atomic E-state index is 0.0418. The van der Waals surface area contributed by atoms with Gasteiger partial charge in [-0.2, -0.15) is 0 Å². The molecule has 15 rings (SSSR count). The average Bonchev–Trinajstić information content (AvgIpc) is 4.28. The van der Waals surface area contributed by atoms with Crippen LogP contribution in [0.1, 0.15) is 47.2 Å². The first kappa shape index (κ1) is 44.2. The Balaban J connectivity index is 0.805. The lowest BCUT2D eigenvalue weighted by Crippen LogP contribution is -2.25. The van der Waals surface area contributed by atoms with Crippen molar-refractivity contribution < 1.29 is 0 Å². The standard InChI is InChI=1S/C76H52/c1-75(2)67-36-10-8-32-65(67)73-61(34-18-40-71(73)75)57-29-17-27-55(45-57)53-25-15-23-51(43-53)50-22-14-24-52(42-50)54-26-16-28-56(44-54)59-46-58(49-20-4-3-5-21-49)47-60(48-59)62-35-19-41-72-74(62)66-33-9-13-39-70(66)76(72)68-37-11-6-30-63(68)64-31-7-12-38-69(64)76/h3-48H,1-2H3. The van der Waals surface area contributed by atoms with Gasteiger partial charge in [-0.25, -0.2) is 0 Å². The molecule has 0 saturated carbocycles. The van der Waals surface area contributed by atoms with E-state index in [0.29, 0.717) is 0 Å². The Morgan fingerprint density at radius 2 is 0.474 bits per heavy atom. The third kappa shape index (κ3) is 6.63. The summed E-state index contributed by atoms with van der Waals surface area (Å²) in [6.45, 7) is 4.71. The minimum atomic E-state index is -0.404. The molecule has 0 saturated heterocycles. The lowest BCUT2D eigenvalue weighted by Gasteiger charge is -2.30. The van der Waals surface area contributed by atoms with Gasteiger partial charge in [0.15, 0.2) is 0 Å². The van der Waals surface area contributed by atoms with Crippen molar-refractivity contribution in [2.75, 3.05) is 0 Å². The van der Waals surface area contributed by atoms with Crippen molar-refractivity contribution >= 4 is 0 Å². The van der Waals surface area contributed by atoms with Crippen molar-refractivity contribution in [1.29, 1.82) is 0 Å². The third-order valence-electron chi connectivity index (χ3n) is 17.1. The van der Waals surface area contributed by atoms with Gasteiger partial charge in [-0.1, -0.05) is 250 Å². The van der Waals surface area contributed by atoms with Crippen molar-refractivity contribution in [1.82, 2.24) is 0 Å². The van der Waals surface area contributed by atoms with Gasteiger partial charge < -0.3 is 0 Å². The molecule has 12 aromatic carbocycles. The molecule has 0 amide bonds. The van der Waals surface area contributed by atoms with Crippen molar-refractivity contribution in [3.63, 3.8) is 0 Å². The quantitative estimate of drug-likeness (QED) is 0.149. The maximum atomic E-state index is 2.42. The number of fused-ring (bicyclic) bond motifs is 13. The van der Waals surface area contributed by atoms with E-state index in [1.54, 1.807) is 0 Å². The van der Waals surface area contributed by atoms with Crippen molar-refractivity contribution in [2.45, 2.75) is 24.7 Å². The van der Waals surface area contributed by atoms with Crippen LogP contribution in [0.25, 0.3) is 111 Å². The fraction of sp³-hybridized carbons (Fsp3) is 0.0526. The topological polar surface area (TPSA) is 0 Å². The van der Waals surface area contributed by atoms with Crippen LogP contribution >= 0.6 is 0 Å². The van der Waals surface area contributed by atoms with Crippen molar-refractivity contribution in [3.05, 3.63) is 312 Å². The molecule has 0 bridgehead atoms. The summed E-state index contributed by atoms with van der Waals surface area (Å²) < 4.78 is 0. The first-order valence-corrected chi connectivity index (χ1v) is 26.7. The monoisotopic (exact) mass is 964 g/mol. The summed E-state index contributed by atoms with van der Waals surface area (Å²) in [6, 6.07) is 104. The molecule has 3 aliphatic rings. The maximum absolute atomic E-state index is 2.42. The van der Waals surface area contributed by atoms with Gasteiger partial charge in [0.05, 0.1) is 5.41 Å². The van der Waals surface area contributed by atoms with Gasteiger partial charge in [0.2, 0.25) is 0 Å². The molecule has 0 radical (unpaired) electrons. The highest BCUT2D eigenvalue weighted by molar-refractivity contribution is 6.01. The fourth-order valence-electron chi connectivity index (χ4n) is 13.6. The van der Waals surface area contributed by atoms with E-state index in [1.165, 1.54) is 145 Å². The molecule has 0 N–H and O–H groups in total. The van der Waals surface area contributed by atoms with Crippen LogP contribution in [-0.2, 0) is 10.8 Å². The molecular weight excluding hydrogens is 913 g/mol. The Morgan fingerprint density at radius 1 is 0.184 bits per heavy atom. The smallest absolute Gasteiger partial charge is 0.0622 e. The van der Waals surface area contributed by atoms with Crippen LogP contribution in [0.3, 0.4) is 0 Å². The highest BCUT2D eigenvalue weighted by atomic mass is 14.5. The maximum Gasteiger partial charge on any atom is 0.0725 e. The first-order valence-electron chi connectivity index (χ1n) is 26.7. The van der Waals surface area contributed by atoms with E-state index in [2.05, 4.69) is 293 Å². The normalized spacial score (nSPS) is 13.6. The summed E-state index contributed by atoms with van der Waals surface area (Å²) in [5.74, 6) is 0. The first-order chi connectivity index (χ1) is 37.4. The zero-order valence-corrected chi connectivity index (χ0v) is 42.6. The second kappa shape index (κ2) is 17.1. The van der Waals surface area contributed by atoms with Crippen LogP contribution in [0.4, 0.5) is 0 Å². The summed E-state index contributed by atoms with van der Waals surface area (Å²) >= 11 is 0. The van der Waals surface area contributed by atoms with Crippen molar-refractivity contribution in [2.24, 2.45) is 0 Å². The predicted octanol–water partition coefficient (Wildman–Crippen LogP) is 20.0. The van der Waals surface area contributed by atoms with Gasteiger partial charge in [-0.15, -0.1) is 0 Å². The molecule has 76 heavy (non-hydrogen) atoms. The summed E-state index contributed by atoms with van der Waals surface area (Å²) in [5, 5.41) is 0. The molecule has 356 valence electrons. The third-order valence-corrected chi connectivity index (χ3v) is 17.1. The lowest BCUT2D eigenvalue weighted by molar-refractivity contribution is 0.660. The summed E-state index contributed by atoms with van der Waals surface area (Å²) in [4.78, 5) is 0. The zero-order valence-electron chi connectivity index (χ0n) is 42.6. The predicted molar refractivity (Wildman–Crippen MR) is 318 cm³/mol. The Hall–Kier alpha value is -9.36. The van der Waals surface area contributed by atoms with Gasteiger partial charge in [-0.05, 0) is 187 Å². The number of rotatable bonds is 7. The van der Waals surface area contributed by atoms with Gasteiger partial charge >= 0.3 is 0 Å². The molecule has 1 spiro atoms. The number of hydrogen-bond donors (Lipinski definition) is 0. The molecule has 0 fully saturated rings. The van der Waals surface area contributed by atoms with E-state index in [-0.39, 0.29) is 5.41 Å². The van der Waals surface area contributed by atoms with E-state index >= 15 is 0 Å². The van der Waals surface area contributed by atoms with Gasteiger partial charge in [-0.3, -0.25) is 0 Å². The van der Waals surface area contributed by atoms with Crippen LogP contribution < -0.4 is 0 Å². The minimum Gasteiger partial charge on any atom is -0.0622 e. The molecule has 0 aliphatic heterocycles. The summed E-state index contributed by atoms with van der Waals surface area (Å²) in [5.41, 5.74) is 32.7. The fourth-order valence-corrected chi connectivity index (χ4v) is 13.6.